The summed E-state index contributed by atoms with van der Waals surface area (Å²) in [6, 6.07) is 18.0. The molecule has 1 aliphatic rings. The maximum Gasteiger partial charge on any atom is 0.276 e. The van der Waals surface area contributed by atoms with Crippen LogP contribution in [0.3, 0.4) is 0 Å². The predicted molar refractivity (Wildman–Crippen MR) is 104 cm³/mol. The fourth-order valence-electron chi connectivity index (χ4n) is 3.66. The molecule has 0 spiro atoms. The van der Waals surface area contributed by atoms with Crippen molar-refractivity contribution in [3.63, 3.8) is 0 Å². The standard InChI is InChI=1S/C21H23N5O/c1-14-8-10-17(11-9-14)26-15(2)20(23-24-26)21(27)25-12-18(19(22)13-25)16-6-4-3-5-7-16/h3-11,18-19H,12-13,22H2,1-2H3/t18-,19+/m0/s1. The summed E-state index contributed by atoms with van der Waals surface area (Å²) in [5.41, 5.74) is 10.7. The van der Waals surface area contributed by atoms with Gasteiger partial charge < -0.3 is 10.6 Å². The van der Waals surface area contributed by atoms with Crippen molar-refractivity contribution in [1.29, 1.82) is 0 Å². The number of likely N-dealkylation sites (tertiary alicyclic amines) is 1. The Hall–Kier alpha value is -2.99. The molecule has 1 fully saturated rings. The van der Waals surface area contributed by atoms with E-state index in [1.54, 1.807) is 9.58 Å². The van der Waals surface area contributed by atoms with Crippen molar-refractivity contribution in [3.05, 3.63) is 77.1 Å². The summed E-state index contributed by atoms with van der Waals surface area (Å²) >= 11 is 0. The predicted octanol–water partition coefficient (Wildman–Crippen LogP) is 2.45. The summed E-state index contributed by atoms with van der Waals surface area (Å²) in [5, 5.41) is 8.36. The molecule has 6 heteroatoms. The smallest absolute Gasteiger partial charge is 0.276 e. The fourth-order valence-corrected chi connectivity index (χ4v) is 3.66. The molecule has 3 aromatic rings. The molecule has 2 aromatic carbocycles. The summed E-state index contributed by atoms with van der Waals surface area (Å²) in [4.78, 5) is 14.8. The van der Waals surface area contributed by atoms with Crippen molar-refractivity contribution < 1.29 is 4.79 Å². The number of carbonyl (C=O) groups is 1. The Morgan fingerprint density at radius 1 is 1.04 bits per heavy atom. The van der Waals surface area contributed by atoms with Gasteiger partial charge in [0.2, 0.25) is 0 Å². The van der Waals surface area contributed by atoms with Crippen molar-refractivity contribution >= 4 is 5.91 Å². The summed E-state index contributed by atoms with van der Waals surface area (Å²) < 4.78 is 1.71. The second-order valence-electron chi connectivity index (χ2n) is 7.16. The Morgan fingerprint density at radius 3 is 2.44 bits per heavy atom. The number of carbonyl (C=O) groups excluding carboxylic acids is 1. The molecule has 6 nitrogen and oxygen atoms in total. The lowest BCUT2D eigenvalue weighted by atomic mass is 9.95. The van der Waals surface area contributed by atoms with Crippen molar-refractivity contribution in [2.24, 2.45) is 5.73 Å². The van der Waals surface area contributed by atoms with Gasteiger partial charge in [0.1, 0.15) is 0 Å². The highest BCUT2D eigenvalue weighted by molar-refractivity contribution is 5.93. The van der Waals surface area contributed by atoms with Gasteiger partial charge in [-0.2, -0.15) is 0 Å². The highest BCUT2D eigenvalue weighted by Gasteiger charge is 2.35. The number of aromatic nitrogens is 3. The first-order valence-corrected chi connectivity index (χ1v) is 9.13. The lowest BCUT2D eigenvalue weighted by molar-refractivity contribution is 0.0782. The van der Waals surface area contributed by atoms with E-state index >= 15 is 0 Å². The van der Waals surface area contributed by atoms with Crippen LogP contribution in [0.5, 0.6) is 0 Å². The maximum absolute atomic E-state index is 13.0. The number of aryl methyl sites for hydroxylation is 1. The summed E-state index contributed by atoms with van der Waals surface area (Å²) in [6.45, 7) is 5.03. The molecule has 138 valence electrons. The van der Waals surface area contributed by atoms with Crippen LogP contribution in [0.4, 0.5) is 0 Å². The molecule has 0 radical (unpaired) electrons. The van der Waals surface area contributed by atoms with Gasteiger partial charge in [0.25, 0.3) is 5.91 Å². The van der Waals surface area contributed by atoms with E-state index in [1.807, 2.05) is 56.3 Å². The van der Waals surface area contributed by atoms with E-state index in [0.29, 0.717) is 18.8 Å². The van der Waals surface area contributed by atoms with Crippen molar-refractivity contribution in [2.75, 3.05) is 13.1 Å². The number of amides is 1. The Labute approximate surface area is 158 Å². The monoisotopic (exact) mass is 361 g/mol. The Bertz CT molecular complexity index is 948. The van der Waals surface area contributed by atoms with Crippen LogP contribution in [0.15, 0.2) is 54.6 Å². The van der Waals surface area contributed by atoms with E-state index in [-0.39, 0.29) is 17.9 Å². The minimum absolute atomic E-state index is 0.0798. The third kappa shape index (κ3) is 3.24. The molecule has 2 heterocycles. The van der Waals surface area contributed by atoms with Crippen molar-refractivity contribution in [3.8, 4) is 5.69 Å². The molecule has 0 bridgehead atoms. The van der Waals surface area contributed by atoms with Gasteiger partial charge in [-0.1, -0.05) is 53.2 Å². The molecule has 0 unspecified atom stereocenters. The fraction of sp³-hybridized carbons (Fsp3) is 0.286. The first kappa shape index (κ1) is 17.4. The van der Waals surface area contributed by atoms with Gasteiger partial charge in [-0.15, -0.1) is 5.10 Å². The number of nitrogens with two attached hydrogens (primary N) is 1. The molecule has 0 aliphatic carbocycles. The molecule has 2 N–H and O–H groups in total. The minimum atomic E-state index is -0.111. The highest BCUT2D eigenvalue weighted by atomic mass is 16.2. The molecular formula is C21H23N5O. The summed E-state index contributed by atoms with van der Waals surface area (Å²) in [7, 11) is 0. The Balaban J connectivity index is 1.56. The SMILES string of the molecule is Cc1ccc(-n2nnc(C(=O)N3C[C@@H](N)[C@H](c4ccccc4)C3)c2C)cc1. The largest absolute Gasteiger partial charge is 0.335 e. The third-order valence-electron chi connectivity index (χ3n) is 5.26. The zero-order valence-corrected chi connectivity index (χ0v) is 15.5. The second-order valence-corrected chi connectivity index (χ2v) is 7.16. The quantitative estimate of drug-likeness (QED) is 0.777. The third-order valence-corrected chi connectivity index (χ3v) is 5.26. The highest BCUT2D eigenvalue weighted by Crippen LogP contribution is 2.27. The minimum Gasteiger partial charge on any atom is -0.335 e. The number of benzene rings is 2. The second kappa shape index (κ2) is 6.96. The van der Waals surface area contributed by atoms with Crippen molar-refractivity contribution in [2.45, 2.75) is 25.8 Å². The molecule has 2 atom stereocenters. The molecule has 1 amide bonds. The number of rotatable bonds is 3. The lowest BCUT2D eigenvalue weighted by Crippen LogP contribution is -2.32. The molecule has 4 rings (SSSR count). The van der Waals surface area contributed by atoms with Crippen molar-refractivity contribution in [1.82, 2.24) is 19.9 Å². The van der Waals surface area contributed by atoms with Crippen LogP contribution in [0, 0.1) is 13.8 Å². The molecular weight excluding hydrogens is 338 g/mol. The number of nitrogens with zero attached hydrogens (tertiary/aromatic N) is 4. The van der Waals surface area contributed by atoms with E-state index in [4.69, 9.17) is 5.73 Å². The first-order chi connectivity index (χ1) is 13.0. The van der Waals surface area contributed by atoms with E-state index in [9.17, 15) is 4.79 Å². The van der Waals surface area contributed by atoms with Gasteiger partial charge in [0.15, 0.2) is 5.69 Å². The molecule has 1 aromatic heterocycles. The van der Waals surface area contributed by atoms with E-state index in [1.165, 1.54) is 11.1 Å². The van der Waals surface area contributed by atoms with Crippen LogP contribution < -0.4 is 5.73 Å². The van der Waals surface area contributed by atoms with Gasteiger partial charge in [0, 0.05) is 25.0 Å². The van der Waals surface area contributed by atoms with Crippen LogP contribution >= 0.6 is 0 Å². The van der Waals surface area contributed by atoms with E-state index in [2.05, 4.69) is 22.4 Å². The zero-order valence-electron chi connectivity index (χ0n) is 15.5. The van der Waals surface area contributed by atoms with Crippen LogP contribution in [0.1, 0.15) is 33.2 Å². The van der Waals surface area contributed by atoms with E-state index < -0.39 is 0 Å². The Kier molecular flexibility index (Phi) is 4.49. The van der Waals surface area contributed by atoms with Crippen LogP contribution in [0.2, 0.25) is 0 Å². The summed E-state index contributed by atoms with van der Waals surface area (Å²) in [5.74, 6) is 0.0299. The number of hydrogen-bond donors (Lipinski definition) is 1. The zero-order chi connectivity index (χ0) is 19.0. The normalized spacial score (nSPS) is 19.4. The van der Waals surface area contributed by atoms with Gasteiger partial charge in [-0.05, 0) is 31.5 Å². The molecule has 27 heavy (non-hydrogen) atoms. The summed E-state index contributed by atoms with van der Waals surface area (Å²) in [6.07, 6.45) is 0. The van der Waals surface area contributed by atoms with E-state index in [0.717, 1.165) is 11.4 Å². The van der Waals surface area contributed by atoms with Gasteiger partial charge in [-0.3, -0.25) is 4.79 Å². The van der Waals surface area contributed by atoms with Gasteiger partial charge in [-0.25, -0.2) is 4.68 Å². The van der Waals surface area contributed by atoms with Gasteiger partial charge in [0.05, 0.1) is 11.4 Å². The van der Waals surface area contributed by atoms with Crippen LogP contribution in [-0.2, 0) is 0 Å². The molecule has 0 saturated carbocycles. The maximum atomic E-state index is 13.0. The topological polar surface area (TPSA) is 77.0 Å². The molecule has 1 aliphatic heterocycles. The van der Waals surface area contributed by atoms with Crippen LogP contribution in [-0.4, -0.2) is 44.9 Å². The first-order valence-electron chi connectivity index (χ1n) is 9.13. The lowest BCUT2D eigenvalue weighted by Gasteiger charge is -2.15. The average molecular weight is 361 g/mol. The Morgan fingerprint density at radius 2 is 1.74 bits per heavy atom. The van der Waals surface area contributed by atoms with Gasteiger partial charge >= 0.3 is 0 Å². The number of hydrogen-bond acceptors (Lipinski definition) is 4. The average Bonchev–Trinajstić information content (AvgIpc) is 3.26. The molecule has 1 saturated heterocycles. The van der Waals surface area contributed by atoms with Crippen LogP contribution in [0.25, 0.3) is 5.69 Å².